The van der Waals surface area contributed by atoms with Gasteiger partial charge in [-0.25, -0.2) is 0 Å². The molecular weight excluding hydrogens is 757 g/mol. The second-order valence-corrected chi connectivity index (χ2v) is 15.9. The standard InChI is InChI=1S/C41H54N4O6.2C2H4O2/c1-29-8-6-10-37-40(29)34(26-45(37)39-24-35(50-31(3)47)23-36(51-39)27-49-30(2)46)22-33-13-11-32(12-14-33)9-4-5-18-43-19-7-15-41(28-43)16-20-44(21-17-41)38(48)25-42;2*1-2(3)4/h4,6,8-14,26,35-36,39H,5,7,15-25,27-28,42H2,1-3H3;2*1H3,(H,3,4)/b9-4+;;. The first kappa shape index (κ1) is 46.6. The number of aliphatic carboxylic acids is 2. The molecule has 3 aliphatic heterocycles. The monoisotopic (exact) mass is 818 g/mol. The highest BCUT2D eigenvalue weighted by molar-refractivity contribution is 5.87. The maximum atomic E-state index is 12.0. The van der Waals surface area contributed by atoms with E-state index in [1.165, 1.54) is 54.3 Å². The van der Waals surface area contributed by atoms with E-state index < -0.39 is 11.9 Å². The zero-order valence-electron chi connectivity index (χ0n) is 35.2. The molecule has 3 aromatic rings. The van der Waals surface area contributed by atoms with Crippen LogP contribution >= 0.6 is 0 Å². The number of piperidine rings is 2. The number of nitrogens with zero attached hydrogens (tertiary/aromatic N) is 3. The number of carboxylic acid groups (broad SMARTS) is 2. The average molecular weight is 819 g/mol. The number of rotatable bonds is 11. The van der Waals surface area contributed by atoms with Gasteiger partial charge in [-0.2, -0.15) is 0 Å². The lowest BCUT2D eigenvalue weighted by molar-refractivity contribution is -0.178. The quantitative estimate of drug-likeness (QED) is 0.193. The summed E-state index contributed by atoms with van der Waals surface area (Å²) in [6.45, 7) is 12.4. The summed E-state index contributed by atoms with van der Waals surface area (Å²) in [5.74, 6) is -2.28. The second-order valence-electron chi connectivity index (χ2n) is 15.9. The number of ether oxygens (including phenoxy) is 3. The molecule has 1 amide bonds. The molecule has 4 heterocycles. The SMILES string of the molecule is CC(=O)O.CC(=O)O.CC(=O)OCC1CC(OC(C)=O)CC(n2cc(Cc3ccc(/C=C/CCN4CCCC5(CCN(C(=O)CN)CC5)C4)cc3)c3c(C)cccc32)O1. The van der Waals surface area contributed by atoms with Crippen LogP contribution in [0.4, 0.5) is 0 Å². The molecule has 3 atom stereocenters. The summed E-state index contributed by atoms with van der Waals surface area (Å²) in [4.78, 5) is 58.0. The molecule has 0 aliphatic carbocycles. The molecule has 3 unspecified atom stereocenters. The van der Waals surface area contributed by atoms with E-state index in [2.05, 4.69) is 77.2 Å². The Morgan fingerprint density at radius 3 is 2.22 bits per heavy atom. The number of aromatic nitrogens is 1. The molecule has 0 radical (unpaired) electrons. The number of amides is 1. The van der Waals surface area contributed by atoms with Gasteiger partial charge in [0.2, 0.25) is 5.91 Å². The van der Waals surface area contributed by atoms with Gasteiger partial charge >= 0.3 is 11.9 Å². The van der Waals surface area contributed by atoms with Crippen molar-refractivity contribution in [1.82, 2.24) is 14.4 Å². The number of hydrogen-bond acceptors (Lipinski definition) is 10. The topological polar surface area (TPSA) is 191 Å². The second kappa shape index (κ2) is 22.4. The lowest BCUT2D eigenvalue weighted by Crippen LogP contribution is -2.51. The van der Waals surface area contributed by atoms with Crippen LogP contribution in [0.3, 0.4) is 0 Å². The van der Waals surface area contributed by atoms with Crippen molar-refractivity contribution in [3.05, 3.63) is 77.0 Å². The Hall–Kier alpha value is -5.05. The lowest BCUT2D eigenvalue weighted by atomic mass is 9.72. The van der Waals surface area contributed by atoms with Crippen LogP contribution in [0.25, 0.3) is 17.0 Å². The van der Waals surface area contributed by atoms with E-state index in [9.17, 15) is 14.4 Å². The first-order valence-electron chi connectivity index (χ1n) is 20.5. The van der Waals surface area contributed by atoms with Gasteiger partial charge in [0, 0.05) is 78.3 Å². The number of aryl methyl sites for hydroxylation is 1. The third-order valence-electron chi connectivity index (χ3n) is 11.0. The number of likely N-dealkylation sites (tertiary alicyclic amines) is 2. The van der Waals surface area contributed by atoms with Crippen LogP contribution in [-0.2, 0) is 44.6 Å². The summed E-state index contributed by atoms with van der Waals surface area (Å²) in [6.07, 6.45) is 13.0. The molecule has 322 valence electrons. The largest absolute Gasteiger partial charge is 0.481 e. The highest BCUT2D eigenvalue weighted by atomic mass is 16.6. The maximum Gasteiger partial charge on any atom is 0.302 e. The highest BCUT2D eigenvalue weighted by Crippen LogP contribution is 2.40. The predicted molar refractivity (Wildman–Crippen MR) is 224 cm³/mol. The van der Waals surface area contributed by atoms with Crippen LogP contribution in [0.5, 0.6) is 0 Å². The van der Waals surface area contributed by atoms with E-state index in [1.54, 1.807) is 0 Å². The van der Waals surface area contributed by atoms with E-state index in [0.717, 1.165) is 77.8 Å². The Kier molecular flexibility index (Phi) is 17.7. The first-order valence-corrected chi connectivity index (χ1v) is 20.5. The van der Waals surface area contributed by atoms with E-state index in [4.69, 9.17) is 39.7 Å². The number of fused-ring (bicyclic) bond motifs is 1. The van der Waals surface area contributed by atoms with Crippen LogP contribution in [-0.4, -0.2) is 112 Å². The third-order valence-corrected chi connectivity index (χ3v) is 11.0. The van der Waals surface area contributed by atoms with Crippen molar-refractivity contribution in [3.8, 4) is 0 Å². The zero-order valence-corrected chi connectivity index (χ0v) is 35.2. The first-order chi connectivity index (χ1) is 28.1. The average Bonchev–Trinajstić information content (AvgIpc) is 3.55. The molecule has 0 bridgehead atoms. The highest BCUT2D eigenvalue weighted by Gasteiger charge is 2.39. The van der Waals surface area contributed by atoms with Crippen LogP contribution in [0.2, 0.25) is 0 Å². The Balaban J connectivity index is 0.000000882. The molecule has 3 aliphatic rings. The molecule has 0 saturated carbocycles. The number of carbonyl (C=O) groups excluding carboxylic acids is 3. The molecule has 3 fully saturated rings. The predicted octanol–water partition coefficient (Wildman–Crippen LogP) is 5.96. The molecule has 1 aromatic heterocycles. The van der Waals surface area contributed by atoms with Gasteiger partial charge < -0.3 is 44.5 Å². The van der Waals surface area contributed by atoms with Gasteiger partial charge in [-0.1, -0.05) is 48.6 Å². The molecule has 6 rings (SSSR count). The summed E-state index contributed by atoms with van der Waals surface area (Å²) < 4.78 is 19.5. The Morgan fingerprint density at radius 2 is 1.59 bits per heavy atom. The molecule has 59 heavy (non-hydrogen) atoms. The number of carboxylic acids is 2. The minimum atomic E-state index is -0.833. The summed E-state index contributed by atoms with van der Waals surface area (Å²) in [7, 11) is 0. The fourth-order valence-corrected chi connectivity index (χ4v) is 8.45. The number of esters is 2. The van der Waals surface area contributed by atoms with Gasteiger partial charge in [0.15, 0.2) is 0 Å². The molecule has 3 saturated heterocycles. The van der Waals surface area contributed by atoms with Crippen molar-refractivity contribution >= 4 is 46.8 Å². The minimum absolute atomic E-state index is 0.0770. The molecule has 2 aromatic carbocycles. The van der Waals surface area contributed by atoms with Crippen molar-refractivity contribution in [3.63, 3.8) is 0 Å². The normalized spacial score (nSPS) is 20.2. The smallest absolute Gasteiger partial charge is 0.302 e. The van der Waals surface area contributed by atoms with Crippen LogP contribution in [0.1, 0.15) is 101 Å². The van der Waals surface area contributed by atoms with Gasteiger partial charge in [0.05, 0.1) is 18.2 Å². The summed E-state index contributed by atoms with van der Waals surface area (Å²) in [5.41, 5.74) is 11.8. The van der Waals surface area contributed by atoms with Gasteiger partial charge in [-0.15, -0.1) is 0 Å². The van der Waals surface area contributed by atoms with Crippen LogP contribution < -0.4 is 5.73 Å². The van der Waals surface area contributed by atoms with Gasteiger partial charge in [0.1, 0.15) is 18.9 Å². The van der Waals surface area contributed by atoms with Gasteiger partial charge in [-0.05, 0) is 85.7 Å². The molecule has 4 N–H and O–H groups in total. The summed E-state index contributed by atoms with van der Waals surface area (Å²) in [5, 5.41) is 16.0. The van der Waals surface area contributed by atoms with Crippen molar-refractivity contribution in [2.45, 2.75) is 104 Å². The number of carbonyl (C=O) groups is 5. The van der Waals surface area contributed by atoms with E-state index >= 15 is 0 Å². The summed E-state index contributed by atoms with van der Waals surface area (Å²) >= 11 is 0. The van der Waals surface area contributed by atoms with Crippen molar-refractivity contribution in [2.24, 2.45) is 11.1 Å². The van der Waals surface area contributed by atoms with Crippen molar-refractivity contribution in [1.29, 1.82) is 0 Å². The molecular formula is C45H62N4O10. The van der Waals surface area contributed by atoms with Gasteiger partial charge in [0.25, 0.3) is 11.9 Å². The van der Waals surface area contributed by atoms with Crippen LogP contribution in [0.15, 0.2) is 54.7 Å². The zero-order chi connectivity index (χ0) is 43.1. The molecule has 14 nitrogen and oxygen atoms in total. The third kappa shape index (κ3) is 14.6. The Labute approximate surface area is 347 Å². The Bertz CT molecular complexity index is 1890. The van der Waals surface area contributed by atoms with Crippen LogP contribution in [0, 0.1) is 12.3 Å². The number of nitrogens with two attached hydrogens (primary N) is 1. The maximum absolute atomic E-state index is 12.0. The van der Waals surface area contributed by atoms with Crippen molar-refractivity contribution in [2.75, 3.05) is 45.9 Å². The lowest BCUT2D eigenvalue weighted by Gasteiger charge is -2.47. The Morgan fingerprint density at radius 1 is 0.915 bits per heavy atom. The van der Waals surface area contributed by atoms with E-state index in [1.807, 2.05) is 4.90 Å². The van der Waals surface area contributed by atoms with E-state index in [0.29, 0.717) is 18.3 Å². The molecule has 1 spiro atoms. The summed E-state index contributed by atoms with van der Waals surface area (Å²) in [6, 6.07) is 15.1. The van der Waals surface area contributed by atoms with Crippen molar-refractivity contribution < 1.29 is 48.4 Å². The van der Waals surface area contributed by atoms with Gasteiger partial charge in [-0.3, -0.25) is 24.0 Å². The minimum Gasteiger partial charge on any atom is -0.481 e. The number of benzene rings is 2. The van der Waals surface area contributed by atoms with E-state index in [-0.39, 0.29) is 49.4 Å². The molecule has 14 heteroatoms. The fraction of sp³-hybridized carbons (Fsp3) is 0.533. The fourth-order valence-electron chi connectivity index (χ4n) is 8.45. The number of hydrogen-bond donors (Lipinski definition) is 3.